The van der Waals surface area contributed by atoms with E-state index in [9.17, 15) is 4.79 Å². The standard InChI is InChI=1S/C27H28N2OS/c1-4-19-9-5-6-10-21(19)26-22-11-7-8-12-24(22)31-25-14-13-20(17-23(25)29-26)27(30)28-16-15-18(2)3/h5-14,17-18H,4,15-16H2,1-3H3,(H,28,30). The van der Waals surface area contributed by atoms with E-state index < -0.39 is 0 Å². The van der Waals surface area contributed by atoms with Crippen LogP contribution in [0.25, 0.3) is 0 Å². The monoisotopic (exact) mass is 428 g/mol. The summed E-state index contributed by atoms with van der Waals surface area (Å²) >= 11 is 1.71. The van der Waals surface area contributed by atoms with Gasteiger partial charge in [-0.15, -0.1) is 0 Å². The van der Waals surface area contributed by atoms with Crippen molar-refractivity contribution in [1.29, 1.82) is 0 Å². The summed E-state index contributed by atoms with van der Waals surface area (Å²) < 4.78 is 0. The second-order valence-corrected chi connectivity index (χ2v) is 9.27. The minimum absolute atomic E-state index is 0.0408. The molecule has 0 aliphatic carbocycles. The van der Waals surface area contributed by atoms with E-state index in [0.717, 1.165) is 40.3 Å². The van der Waals surface area contributed by atoms with Crippen molar-refractivity contribution in [3.05, 3.63) is 89.0 Å². The third-order valence-corrected chi connectivity index (χ3v) is 6.62. The number of carbonyl (C=O) groups excluding carboxylic acids is 1. The quantitative estimate of drug-likeness (QED) is 0.373. The molecule has 0 saturated heterocycles. The van der Waals surface area contributed by atoms with E-state index in [1.807, 2.05) is 18.2 Å². The Balaban J connectivity index is 1.78. The molecule has 1 amide bonds. The van der Waals surface area contributed by atoms with E-state index >= 15 is 0 Å². The molecule has 1 aliphatic rings. The SMILES string of the molecule is CCc1ccccc1C1=Nc2cc(C(=O)NCCC(C)C)ccc2Sc2ccccc21. The third-order valence-electron chi connectivity index (χ3n) is 5.48. The van der Waals surface area contributed by atoms with Gasteiger partial charge in [-0.3, -0.25) is 4.79 Å². The average molecular weight is 429 g/mol. The van der Waals surface area contributed by atoms with Crippen LogP contribution >= 0.6 is 11.8 Å². The number of nitrogens with one attached hydrogen (secondary N) is 1. The van der Waals surface area contributed by atoms with Crippen molar-refractivity contribution in [2.75, 3.05) is 6.54 Å². The molecule has 1 N–H and O–H groups in total. The predicted molar refractivity (Wildman–Crippen MR) is 130 cm³/mol. The highest BCUT2D eigenvalue weighted by Crippen LogP contribution is 2.41. The van der Waals surface area contributed by atoms with Gasteiger partial charge in [0.1, 0.15) is 0 Å². The number of fused-ring (bicyclic) bond motifs is 2. The lowest BCUT2D eigenvalue weighted by atomic mass is 9.96. The minimum Gasteiger partial charge on any atom is -0.352 e. The lowest BCUT2D eigenvalue weighted by molar-refractivity contribution is 0.0952. The summed E-state index contributed by atoms with van der Waals surface area (Å²) in [5, 5.41) is 3.04. The summed E-state index contributed by atoms with van der Waals surface area (Å²) in [5.41, 5.74) is 6.02. The maximum Gasteiger partial charge on any atom is 0.251 e. The van der Waals surface area contributed by atoms with E-state index in [0.29, 0.717) is 18.0 Å². The van der Waals surface area contributed by atoms with Crippen LogP contribution in [0.3, 0.4) is 0 Å². The molecule has 0 atom stereocenters. The lowest BCUT2D eigenvalue weighted by Crippen LogP contribution is -2.25. The highest BCUT2D eigenvalue weighted by Gasteiger charge is 2.21. The van der Waals surface area contributed by atoms with Crippen LogP contribution in [-0.4, -0.2) is 18.2 Å². The van der Waals surface area contributed by atoms with E-state index in [2.05, 4.69) is 74.6 Å². The second kappa shape index (κ2) is 9.52. The van der Waals surface area contributed by atoms with Crippen LogP contribution in [-0.2, 0) is 6.42 Å². The Hall–Kier alpha value is -2.85. The van der Waals surface area contributed by atoms with Gasteiger partial charge < -0.3 is 5.32 Å². The number of nitrogens with zero attached hydrogens (tertiary/aromatic N) is 1. The Morgan fingerprint density at radius 1 is 0.968 bits per heavy atom. The van der Waals surface area contributed by atoms with Gasteiger partial charge in [0.2, 0.25) is 0 Å². The van der Waals surface area contributed by atoms with Gasteiger partial charge in [-0.1, -0.05) is 75.0 Å². The molecule has 1 heterocycles. The van der Waals surface area contributed by atoms with Crippen LogP contribution in [0.4, 0.5) is 5.69 Å². The first-order chi connectivity index (χ1) is 15.1. The van der Waals surface area contributed by atoms with Crippen molar-refractivity contribution in [2.24, 2.45) is 10.9 Å². The molecule has 4 rings (SSSR count). The smallest absolute Gasteiger partial charge is 0.251 e. The number of benzene rings is 3. The van der Waals surface area contributed by atoms with Crippen molar-refractivity contribution in [2.45, 2.75) is 43.4 Å². The van der Waals surface area contributed by atoms with E-state index in [1.165, 1.54) is 10.5 Å². The molecule has 31 heavy (non-hydrogen) atoms. The highest BCUT2D eigenvalue weighted by molar-refractivity contribution is 7.99. The largest absolute Gasteiger partial charge is 0.352 e. The predicted octanol–water partition coefficient (Wildman–Crippen LogP) is 6.66. The zero-order valence-corrected chi connectivity index (χ0v) is 19.1. The van der Waals surface area contributed by atoms with Gasteiger partial charge in [-0.05, 0) is 48.6 Å². The fraction of sp³-hybridized carbons (Fsp3) is 0.259. The topological polar surface area (TPSA) is 41.5 Å². The third kappa shape index (κ3) is 4.75. The zero-order chi connectivity index (χ0) is 21.8. The average Bonchev–Trinajstić information content (AvgIpc) is 2.94. The molecule has 0 spiro atoms. The molecular weight excluding hydrogens is 400 g/mol. The van der Waals surface area contributed by atoms with Crippen molar-refractivity contribution in [3.8, 4) is 0 Å². The second-order valence-electron chi connectivity index (χ2n) is 8.19. The molecule has 3 aromatic rings. The van der Waals surface area contributed by atoms with Crippen molar-refractivity contribution in [3.63, 3.8) is 0 Å². The van der Waals surface area contributed by atoms with Gasteiger partial charge in [-0.25, -0.2) is 4.99 Å². The van der Waals surface area contributed by atoms with Gasteiger partial charge in [-0.2, -0.15) is 0 Å². The number of aliphatic imine (C=N–C) groups is 1. The minimum atomic E-state index is -0.0408. The Morgan fingerprint density at radius 2 is 1.71 bits per heavy atom. The van der Waals surface area contributed by atoms with Crippen molar-refractivity contribution < 1.29 is 4.79 Å². The molecule has 0 aromatic heterocycles. The van der Waals surface area contributed by atoms with Crippen LogP contribution in [0.1, 0.15) is 54.2 Å². The first kappa shape index (κ1) is 21.4. The number of hydrogen-bond donors (Lipinski definition) is 1. The molecule has 0 unspecified atom stereocenters. The Bertz CT molecular complexity index is 1130. The zero-order valence-electron chi connectivity index (χ0n) is 18.3. The summed E-state index contributed by atoms with van der Waals surface area (Å²) in [5.74, 6) is 0.522. The van der Waals surface area contributed by atoms with E-state index in [-0.39, 0.29) is 5.91 Å². The van der Waals surface area contributed by atoms with E-state index in [1.54, 1.807) is 11.8 Å². The van der Waals surface area contributed by atoms with Crippen LogP contribution in [0.5, 0.6) is 0 Å². The molecule has 1 aliphatic heterocycles. The fourth-order valence-electron chi connectivity index (χ4n) is 3.72. The maximum absolute atomic E-state index is 12.7. The number of amides is 1. The van der Waals surface area contributed by atoms with Crippen LogP contribution in [0, 0.1) is 5.92 Å². The number of rotatable bonds is 6. The van der Waals surface area contributed by atoms with Crippen LogP contribution < -0.4 is 5.32 Å². The maximum atomic E-state index is 12.7. The summed E-state index contributed by atoms with van der Waals surface area (Å²) in [4.78, 5) is 20.1. The molecule has 0 radical (unpaired) electrons. The Morgan fingerprint density at radius 3 is 2.48 bits per heavy atom. The molecule has 0 saturated carbocycles. The Kier molecular flexibility index (Phi) is 6.57. The molecule has 3 nitrogen and oxygen atoms in total. The molecule has 3 aromatic carbocycles. The fourth-order valence-corrected chi connectivity index (χ4v) is 4.73. The van der Waals surface area contributed by atoms with Gasteiger partial charge in [0, 0.05) is 33.0 Å². The van der Waals surface area contributed by atoms with E-state index in [4.69, 9.17) is 4.99 Å². The van der Waals surface area contributed by atoms with Crippen LogP contribution in [0.2, 0.25) is 0 Å². The highest BCUT2D eigenvalue weighted by atomic mass is 32.2. The summed E-state index contributed by atoms with van der Waals surface area (Å²) in [7, 11) is 0. The first-order valence-electron chi connectivity index (χ1n) is 10.9. The lowest BCUT2D eigenvalue weighted by Gasteiger charge is -2.12. The van der Waals surface area contributed by atoms with Gasteiger partial charge in [0.15, 0.2) is 0 Å². The van der Waals surface area contributed by atoms with Crippen molar-refractivity contribution >= 4 is 29.1 Å². The van der Waals surface area contributed by atoms with Gasteiger partial charge in [0.05, 0.1) is 11.4 Å². The molecular formula is C27H28N2OS. The normalized spacial score (nSPS) is 12.6. The number of carbonyl (C=O) groups is 1. The molecule has 4 heteroatoms. The summed E-state index contributed by atoms with van der Waals surface area (Å²) in [6, 6.07) is 22.7. The first-order valence-corrected chi connectivity index (χ1v) is 11.7. The summed E-state index contributed by atoms with van der Waals surface area (Å²) in [6.07, 6.45) is 1.91. The molecule has 0 bridgehead atoms. The Labute approximate surface area is 189 Å². The van der Waals surface area contributed by atoms with Gasteiger partial charge >= 0.3 is 0 Å². The van der Waals surface area contributed by atoms with Crippen LogP contribution in [0.15, 0.2) is 81.5 Å². The molecule has 158 valence electrons. The number of aryl methyl sites for hydroxylation is 1. The van der Waals surface area contributed by atoms with Gasteiger partial charge in [0.25, 0.3) is 5.91 Å². The molecule has 0 fully saturated rings. The summed E-state index contributed by atoms with van der Waals surface area (Å²) in [6.45, 7) is 7.18. The van der Waals surface area contributed by atoms with Crippen molar-refractivity contribution in [1.82, 2.24) is 5.32 Å². The number of hydrogen-bond acceptors (Lipinski definition) is 3.